The molecule has 3 aliphatic heterocycles. The first kappa shape index (κ1) is 14.1. The lowest BCUT2D eigenvalue weighted by atomic mass is 10.0. The van der Waals surface area contributed by atoms with E-state index in [-0.39, 0.29) is 6.03 Å². The van der Waals surface area contributed by atoms with Gasteiger partial charge in [-0.15, -0.1) is 0 Å². The molecule has 0 saturated carbocycles. The Morgan fingerprint density at radius 2 is 2.00 bits per heavy atom. The Balaban J connectivity index is 1.56. The zero-order chi connectivity index (χ0) is 13.9. The largest absolute Gasteiger partial charge is 0.383 e. The Morgan fingerprint density at radius 3 is 2.75 bits per heavy atom. The number of nitrogens with zero attached hydrogens (tertiary/aromatic N) is 3. The van der Waals surface area contributed by atoms with Crippen LogP contribution in [0.15, 0.2) is 0 Å². The number of ether oxygens (including phenoxy) is 2. The third-order valence-corrected chi connectivity index (χ3v) is 4.73. The second-order valence-corrected chi connectivity index (χ2v) is 5.91. The molecule has 114 valence electrons. The number of carbonyl (C=O) groups is 1. The molecule has 0 spiro atoms. The normalized spacial score (nSPS) is 29.1. The molecule has 3 aliphatic rings. The number of urea groups is 1. The molecule has 2 amide bonds. The van der Waals surface area contributed by atoms with Gasteiger partial charge in [0.05, 0.1) is 12.6 Å². The summed E-state index contributed by atoms with van der Waals surface area (Å²) in [5, 5.41) is 0. The van der Waals surface area contributed by atoms with Crippen LogP contribution in [0.4, 0.5) is 4.79 Å². The van der Waals surface area contributed by atoms with Crippen LogP contribution in [0.25, 0.3) is 0 Å². The van der Waals surface area contributed by atoms with Gasteiger partial charge in [0.25, 0.3) is 0 Å². The Morgan fingerprint density at radius 1 is 1.20 bits per heavy atom. The zero-order valence-electron chi connectivity index (χ0n) is 12.3. The number of rotatable bonds is 4. The fourth-order valence-corrected chi connectivity index (χ4v) is 3.57. The predicted octanol–water partition coefficient (Wildman–Crippen LogP) is 0.234. The van der Waals surface area contributed by atoms with Crippen molar-refractivity contribution in [2.45, 2.75) is 24.9 Å². The molecule has 6 heteroatoms. The van der Waals surface area contributed by atoms with Crippen molar-refractivity contribution in [1.29, 1.82) is 0 Å². The number of piperazine rings is 1. The second kappa shape index (κ2) is 6.28. The van der Waals surface area contributed by atoms with Crippen LogP contribution in [0.5, 0.6) is 0 Å². The van der Waals surface area contributed by atoms with Crippen LogP contribution in [-0.2, 0) is 9.47 Å². The summed E-state index contributed by atoms with van der Waals surface area (Å²) in [6.45, 7) is 6.83. The molecule has 0 bridgehead atoms. The monoisotopic (exact) mass is 283 g/mol. The molecule has 0 N–H and O–H groups in total. The molecule has 0 radical (unpaired) electrons. The molecule has 3 rings (SSSR count). The average molecular weight is 283 g/mol. The van der Waals surface area contributed by atoms with Crippen LogP contribution in [-0.4, -0.2) is 92.5 Å². The van der Waals surface area contributed by atoms with E-state index < -0.39 is 0 Å². The number of carbonyl (C=O) groups excluding carboxylic acids is 1. The molecule has 6 nitrogen and oxygen atoms in total. The van der Waals surface area contributed by atoms with Gasteiger partial charge in [0.1, 0.15) is 0 Å². The summed E-state index contributed by atoms with van der Waals surface area (Å²) in [6.07, 6.45) is 2.27. The summed E-state index contributed by atoms with van der Waals surface area (Å²) in [4.78, 5) is 18.8. The van der Waals surface area contributed by atoms with E-state index in [9.17, 15) is 4.79 Å². The molecular formula is C14H25N3O3. The number of fused-ring (bicyclic) bond motifs is 1. The maximum atomic E-state index is 12.3. The fourth-order valence-electron chi connectivity index (χ4n) is 3.57. The molecule has 3 heterocycles. The van der Waals surface area contributed by atoms with E-state index in [1.807, 2.05) is 9.80 Å². The van der Waals surface area contributed by atoms with E-state index in [1.165, 1.54) is 0 Å². The van der Waals surface area contributed by atoms with E-state index in [4.69, 9.17) is 9.47 Å². The van der Waals surface area contributed by atoms with Crippen LogP contribution in [0.1, 0.15) is 12.8 Å². The molecule has 0 aliphatic carbocycles. The SMILES string of the molecule is COCCN1CC2CN(C3CCOCC3)CCN2C1=O. The van der Waals surface area contributed by atoms with Gasteiger partial charge < -0.3 is 19.3 Å². The van der Waals surface area contributed by atoms with Gasteiger partial charge in [-0.05, 0) is 12.8 Å². The summed E-state index contributed by atoms with van der Waals surface area (Å²) in [6, 6.07) is 1.20. The van der Waals surface area contributed by atoms with Gasteiger partial charge in [-0.1, -0.05) is 0 Å². The lowest BCUT2D eigenvalue weighted by molar-refractivity contribution is 0.0109. The summed E-state index contributed by atoms with van der Waals surface area (Å²) >= 11 is 0. The molecule has 20 heavy (non-hydrogen) atoms. The van der Waals surface area contributed by atoms with E-state index in [1.54, 1.807) is 7.11 Å². The number of hydrogen-bond acceptors (Lipinski definition) is 4. The minimum absolute atomic E-state index is 0.193. The fraction of sp³-hybridized carbons (Fsp3) is 0.929. The van der Waals surface area contributed by atoms with E-state index in [2.05, 4.69) is 4.90 Å². The molecule has 0 aromatic heterocycles. The van der Waals surface area contributed by atoms with Crippen molar-refractivity contribution in [3.05, 3.63) is 0 Å². The predicted molar refractivity (Wildman–Crippen MR) is 74.8 cm³/mol. The standard InChI is InChI=1S/C14H25N3O3/c1-19-9-6-16-11-13-10-15(4-5-17(13)14(16)18)12-2-7-20-8-3-12/h12-13H,2-11H2,1H3. The van der Waals surface area contributed by atoms with Crippen molar-refractivity contribution in [2.75, 3.05) is 59.7 Å². The summed E-state index contributed by atoms with van der Waals surface area (Å²) in [7, 11) is 1.68. The zero-order valence-corrected chi connectivity index (χ0v) is 12.3. The first-order chi connectivity index (χ1) is 9.79. The Hall–Kier alpha value is -0.850. The van der Waals surface area contributed by atoms with E-state index >= 15 is 0 Å². The number of methoxy groups -OCH3 is 1. The summed E-state index contributed by atoms with van der Waals surface area (Å²) in [5.41, 5.74) is 0. The van der Waals surface area contributed by atoms with E-state index in [0.29, 0.717) is 25.2 Å². The first-order valence-corrected chi connectivity index (χ1v) is 7.66. The third-order valence-electron chi connectivity index (χ3n) is 4.73. The van der Waals surface area contributed by atoms with Crippen molar-refractivity contribution in [1.82, 2.24) is 14.7 Å². The van der Waals surface area contributed by atoms with Gasteiger partial charge in [0, 0.05) is 59.1 Å². The quantitative estimate of drug-likeness (QED) is 0.741. The topological polar surface area (TPSA) is 45.2 Å². The Labute approximate surface area is 120 Å². The van der Waals surface area contributed by atoms with Gasteiger partial charge in [0.2, 0.25) is 0 Å². The second-order valence-electron chi connectivity index (χ2n) is 5.91. The van der Waals surface area contributed by atoms with Gasteiger partial charge in [-0.2, -0.15) is 0 Å². The lowest BCUT2D eigenvalue weighted by Gasteiger charge is -2.42. The Bertz CT molecular complexity index is 347. The summed E-state index contributed by atoms with van der Waals surface area (Å²) < 4.78 is 10.5. The van der Waals surface area contributed by atoms with Gasteiger partial charge in [-0.3, -0.25) is 4.90 Å². The molecule has 0 aromatic rings. The smallest absolute Gasteiger partial charge is 0.320 e. The highest BCUT2D eigenvalue weighted by Crippen LogP contribution is 2.24. The van der Waals surface area contributed by atoms with Crippen molar-refractivity contribution in [3.8, 4) is 0 Å². The molecule has 1 unspecified atom stereocenters. The van der Waals surface area contributed by atoms with Crippen LogP contribution >= 0.6 is 0 Å². The molecular weight excluding hydrogens is 258 g/mol. The molecule has 3 saturated heterocycles. The maximum absolute atomic E-state index is 12.3. The minimum atomic E-state index is 0.193. The number of hydrogen-bond donors (Lipinski definition) is 0. The van der Waals surface area contributed by atoms with Crippen LogP contribution < -0.4 is 0 Å². The van der Waals surface area contributed by atoms with Crippen molar-refractivity contribution in [3.63, 3.8) is 0 Å². The van der Waals surface area contributed by atoms with Gasteiger partial charge in [0.15, 0.2) is 0 Å². The first-order valence-electron chi connectivity index (χ1n) is 7.66. The average Bonchev–Trinajstić information content (AvgIpc) is 2.82. The van der Waals surface area contributed by atoms with Crippen LogP contribution in [0, 0.1) is 0 Å². The van der Waals surface area contributed by atoms with Crippen LogP contribution in [0.3, 0.4) is 0 Å². The summed E-state index contributed by atoms with van der Waals surface area (Å²) in [5.74, 6) is 0. The van der Waals surface area contributed by atoms with Gasteiger partial charge >= 0.3 is 6.03 Å². The lowest BCUT2D eigenvalue weighted by Crippen LogP contribution is -2.55. The molecule has 0 aromatic carbocycles. The van der Waals surface area contributed by atoms with Crippen molar-refractivity contribution in [2.24, 2.45) is 0 Å². The minimum Gasteiger partial charge on any atom is -0.383 e. The Kier molecular flexibility index (Phi) is 4.43. The highest BCUT2D eigenvalue weighted by atomic mass is 16.5. The molecule has 3 fully saturated rings. The third kappa shape index (κ3) is 2.77. The maximum Gasteiger partial charge on any atom is 0.320 e. The highest BCUT2D eigenvalue weighted by Gasteiger charge is 2.41. The van der Waals surface area contributed by atoms with E-state index in [0.717, 1.165) is 52.2 Å². The van der Waals surface area contributed by atoms with Crippen molar-refractivity contribution >= 4 is 6.03 Å². The number of amides is 2. The van der Waals surface area contributed by atoms with Gasteiger partial charge in [-0.25, -0.2) is 4.79 Å². The highest BCUT2D eigenvalue weighted by molar-refractivity contribution is 5.77. The van der Waals surface area contributed by atoms with Crippen LogP contribution in [0.2, 0.25) is 0 Å². The molecule has 1 atom stereocenters. The van der Waals surface area contributed by atoms with Crippen molar-refractivity contribution < 1.29 is 14.3 Å².